The summed E-state index contributed by atoms with van der Waals surface area (Å²) in [5.41, 5.74) is 0.240. The second-order valence-electron chi connectivity index (χ2n) is 7.20. The lowest BCUT2D eigenvalue weighted by molar-refractivity contribution is -0.0760. The van der Waals surface area contributed by atoms with E-state index >= 15 is 0 Å². The van der Waals surface area contributed by atoms with E-state index in [2.05, 4.69) is 4.90 Å². The van der Waals surface area contributed by atoms with Crippen LogP contribution in [0.2, 0.25) is 0 Å². The normalized spacial score (nSPS) is 35.2. The number of hydrogen-bond donors (Lipinski definition) is 1. The molecule has 0 bridgehead atoms. The number of ether oxygens (including phenoxy) is 1. The third kappa shape index (κ3) is 3.37. The lowest BCUT2D eigenvalue weighted by Gasteiger charge is -2.35. The molecule has 2 atom stereocenters. The number of aliphatic hydroxyl groups excluding tert-OH is 1. The second-order valence-corrected chi connectivity index (χ2v) is 7.20. The minimum absolute atomic E-state index is 0.240. The molecular formula is C17H31NO2. The van der Waals surface area contributed by atoms with Gasteiger partial charge in [-0.1, -0.05) is 32.1 Å². The van der Waals surface area contributed by atoms with E-state index in [9.17, 15) is 5.11 Å². The summed E-state index contributed by atoms with van der Waals surface area (Å²) in [5, 5.41) is 9.62. The zero-order chi connectivity index (χ0) is 13.8. The molecule has 116 valence electrons. The van der Waals surface area contributed by atoms with Crippen molar-refractivity contribution in [2.24, 2.45) is 0 Å². The molecule has 1 aliphatic carbocycles. The van der Waals surface area contributed by atoms with Crippen LogP contribution in [0.3, 0.4) is 0 Å². The molecule has 3 fully saturated rings. The molecule has 1 saturated carbocycles. The van der Waals surface area contributed by atoms with Gasteiger partial charge in [-0.15, -0.1) is 0 Å². The standard InChI is InChI=1S/C17H31NO2/c19-14-15-7-3-1-6-12-18(15)13-16-8-11-17(20-16)9-4-2-5-10-17/h15-16,19H,1-14H2. The van der Waals surface area contributed by atoms with Gasteiger partial charge in [-0.25, -0.2) is 0 Å². The Morgan fingerprint density at radius 2 is 1.75 bits per heavy atom. The van der Waals surface area contributed by atoms with E-state index in [4.69, 9.17) is 4.74 Å². The zero-order valence-electron chi connectivity index (χ0n) is 12.9. The van der Waals surface area contributed by atoms with Crippen LogP contribution >= 0.6 is 0 Å². The topological polar surface area (TPSA) is 32.7 Å². The highest BCUT2D eigenvalue weighted by molar-refractivity contribution is 4.92. The third-order valence-corrected chi connectivity index (χ3v) is 5.75. The van der Waals surface area contributed by atoms with Crippen molar-refractivity contribution < 1.29 is 9.84 Å². The Bertz CT molecular complexity index is 301. The van der Waals surface area contributed by atoms with Gasteiger partial charge < -0.3 is 9.84 Å². The molecule has 3 rings (SSSR count). The molecular weight excluding hydrogens is 250 g/mol. The van der Waals surface area contributed by atoms with Crippen molar-refractivity contribution in [1.29, 1.82) is 0 Å². The summed E-state index contributed by atoms with van der Waals surface area (Å²) in [6.45, 7) is 2.52. The highest BCUT2D eigenvalue weighted by Crippen LogP contribution is 2.42. The Kier molecular flexibility index (Phi) is 5.00. The van der Waals surface area contributed by atoms with E-state index in [-0.39, 0.29) is 5.60 Å². The van der Waals surface area contributed by atoms with Crippen molar-refractivity contribution in [3.63, 3.8) is 0 Å². The Labute approximate surface area is 123 Å². The minimum atomic E-state index is 0.240. The van der Waals surface area contributed by atoms with E-state index < -0.39 is 0 Å². The van der Waals surface area contributed by atoms with Crippen LogP contribution in [0.15, 0.2) is 0 Å². The SMILES string of the molecule is OCC1CCCCCN1CC1CCC2(CCCCC2)O1. The van der Waals surface area contributed by atoms with Crippen LogP contribution in [0.25, 0.3) is 0 Å². The first-order valence-corrected chi connectivity index (χ1v) is 8.84. The van der Waals surface area contributed by atoms with E-state index in [1.807, 2.05) is 0 Å². The summed E-state index contributed by atoms with van der Waals surface area (Å²) in [5.74, 6) is 0. The van der Waals surface area contributed by atoms with Gasteiger partial charge in [0, 0.05) is 12.6 Å². The van der Waals surface area contributed by atoms with Gasteiger partial charge in [0.05, 0.1) is 18.3 Å². The van der Waals surface area contributed by atoms with Gasteiger partial charge >= 0.3 is 0 Å². The third-order valence-electron chi connectivity index (χ3n) is 5.75. The van der Waals surface area contributed by atoms with Crippen LogP contribution in [0.5, 0.6) is 0 Å². The molecule has 2 saturated heterocycles. The summed E-state index contributed by atoms with van der Waals surface area (Å²) in [7, 11) is 0. The van der Waals surface area contributed by atoms with Gasteiger partial charge in [0.2, 0.25) is 0 Å². The maximum atomic E-state index is 9.62. The predicted molar refractivity (Wildman–Crippen MR) is 80.8 cm³/mol. The number of nitrogens with zero attached hydrogens (tertiary/aromatic N) is 1. The lowest BCUT2D eigenvalue weighted by Crippen LogP contribution is -2.43. The molecule has 0 aromatic heterocycles. The largest absolute Gasteiger partial charge is 0.395 e. The van der Waals surface area contributed by atoms with Crippen molar-refractivity contribution >= 4 is 0 Å². The monoisotopic (exact) mass is 281 g/mol. The molecule has 2 unspecified atom stereocenters. The lowest BCUT2D eigenvalue weighted by atomic mass is 9.83. The fourth-order valence-electron chi connectivity index (χ4n) is 4.53. The average molecular weight is 281 g/mol. The molecule has 0 aromatic carbocycles. The van der Waals surface area contributed by atoms with Gasteiger partial charge in [-0.3, -0.25) is 4.90 Å². The van der Waals surface area contributed by atoms with Gasteiger partial charge in [0.15, 0.2) is 0 Å². The Hall–Kier alpha value is -0.120. The summed E-state index contributed by atoms with van der Waals surface area (Å²) in [6.07, 6.45) is 14.6. The number of aliphatic hydroxyl groups is 1. The zero-order valence-corrected chi connectivity index (χ0v) is 12.9. The van der Waals surface area contributed by atoms with Crippen LogP contribution in [0.4, 0.5) is 0 Å². The van der Waals surface area contributed by atoms with Crippen molar-refractivity contribution in [3.05, 3.63) is 0 Å². The van der Waals surface area contributed by atoms with E-state index in [1.54, 1.807) is 0 Å². The molecule has 20 heavy (non-hydrogen) atoms. The summed E-state index contributed by atoms with van der Waals surface area (Å²) >= 11 is 0. The van der Waals surface area contributed by atoms with Crippen LogP contribution in [-0.2, 0) is 4.74 Å². The molecule has 0 radical (unpaired) electrons. The van der Waals surface area contributed by atoms with E-state index in [0.717, 1.165) is 19.5 Å². The smallest absolute Gasteiger partial charge is 0.0710 e. The number of rotatable bonds is 3. The highest BCUT2D eigenvalue weighted by Gasteiger charge is 2.41. The average Bonchev–Trinajstić information content (AvgIpc) is 2.71. The first-order chi connectivity index (χ1) is 9.81. The van der Waals surface area contributed by atoms with E-state index in [0.29, 0.717) is 18.8 Å². The van der Waals surface area contributed by atoms with Crippen molar-refractivity contribution in [2.45, 2.75) is 88.4 Å². The Morgan fingerprint density at radius 1 is 0.950 bits per heavy atom. The Balaban J connectivity index is 1.54. The number of likely N-dealkylation sites (tertiary alicyclic amines) is 1. The minimum Gasteiger partial charge on any atom is -0.395 e. The van der Waals surface area contributed by atoms with Gasteiger partial charge in [0.1, 0.15) is 0 Å². The molecule has 0 amide bonds. The van der Waals surface area contributed by atoms with Gasteiger partial charge in [-0.2, -0.15) is 0 Å². The van der Waals surface area contributed by atoms with E-state index in [1.165, 1.54) is 64.2 Å². The molecule has 1 N–H and O–H groups in total. The second kappa shape index (κ2) is 6.76. The fraction of sp³-hybridized carbons (Fsp3) is 1.00. The predicted octanol–water partition coefficient (Wildman–Crippen LogP) is 3.11. The Morgan fingerprint density at radius 3 is 2.55 bits per heavy atom. The van der Waals surface area contributed by atoms with Gasteiger partial charge in [0.25, 0.3) is 0 Å². The molecule has 0 aromatic rings. The van der Waals surface area contributed by atoms with Crippen LogP contribution in [0, 0.1) is 0 Å². The van der Waals surface area contributed by atoms with Crippen LogP contribution < -0.4 is 0 Å². The molecule has 1 spiro atoms. The number of hydrogen-bond acceptors (Lipinski definition) is 3. The summed E-state index contributed by atoms with van der Waals surface area (Å²) < 4.78 is 6.50. The van der Waals surface area contributed by atoms with Crippen molar-refractivity contribution in [2.75, 3.05) is 19.7 Å². The molecule has 2 heterocycles. The molecule has 3 aliphatic rings. The highest BCUT2D eigenvalue weighted by atomic mass is 16.5. The molecule has 3 heteroatoms. The summed E-state index contributed by atoms with van der Waals surface area (Å²) in [6, 6.07) is 0.379. The molecule has 3 nitrogen and oxygen atoms in total. The first-order valence-electron chi connectivity index (χ1n) is 8.84. The van der Waals surface area contributed by atoms with Crippen molar-refractivity contribution in [1.82, 2.24) is 4.90 Å². The maximum absolute atomic E-state index is 9.62. The van der Waals surface area contributed by atoms with Crippen molar-refractivity contribution in [3.8, 4) is 0 Å². The van der Waals surface area contributed by atoms with Crippen LogP contribution in [-0.4, -0.2) is 47.4 Å². The molecule has 2 aliphatic heterocycles. The quantitative estimate of drug-likeness (QED) is 0.863. The van der Waals surface area contributed by atoms with Crippen LogP contribution in [0.1, 0.15) is 70.6 Å². The summed E-state index contributed by atoms with van der Waals surface area (Å²) in [4.78, 5) is 2.51. The maximum Gasteiger partial charge on any atom is 0.0710 e. The first kappa shape index (κ1) is 14.8. The van der Waals surface area contributed by atoms with Gasteiger partial charge in [-0.05, 0) is 45.1 Å². The fourth-order valence-corrected chi connectivity index (χ4v) is 4.53.